The third-order valence-electron chi connectivity index (χ3n) is 5.75. The molecule has 172 valence electrons. The molecule has 3 aromatic carbocycles. The van der Waals surface area contributed by atoms with Crippen molar-refractivity contribution >= 4 is 29.0 Å². The highest BCUT2D eigenvalue weighted by Gasteiger charge is 2.33. The molecule has 33 heavy (non-hydrogen) atoms. The van der Waals surface area contributed by atoms with Gasteiger partial charge in [-0.3, -0.25) is 4.99 Å². The van der Waals surface area contributed by atoms with Crippen molar-refractivity contribution in [2.45, 2.75) is 38.3 Å². The van der Waals surface area contributed by atoms with Crippen LogP contribution < -0.4 is 10.1 Å². The van der Waals surface area contributed by atoms with Crippen LogP contribution in [-0.2, 0) is 5.41 Å². The van der Waals surface area contributed by atoms with Gasteiger partial charge in [0.25, 0.3) is 0 Å². The van der Waals surface area contributed by atoms with Gasteiger partial charge >= 0.3 is 0 Å². The molecule has 0 amide bonds. The molecule has 0 aliphatic carbocycles. The Bertz CT molecular complexity index is 1140. The molecule has 3 aromatic rings. The molecule has 0 bridgehead atoms. The van der Waals surface area contributed by atoms with E-state index in [2.05, 4.69) is 32.2 Å². The minimum absolute atomic E-state index is 0.00486. The van der Waals surface area contributed by atoms with E-state index >= 15 is 0 Å². The van der Waals surface area contributed by atoms with Gasteiger partial charge in [-0.1, -0.05) is 74.3 Å². The van der Waals surface area contributed by atoms with Crippen molar-refractivity contribution < 1.29 is 9.13 Å². The third-order valence-corrected chi connectivity index (χ3v) is 6.26. The van der Waals surface area contributed by atoms with Gasteiger partial charge in [-0.2, -0.15) is 0 Å². The van der Waals surface area contributed by atoms with Crippen LogP contribution in [0, 0.1) is 0 Å². The van der Waals surface area contributed by atoms with Crippen molar-refractivity contribution in [3.8, 4) is 5.75 Å². The summed E-state index contributed by atoms with van der Waals surface area (Å²) in [6.45, 7) is 5.85. The Kier molecular flexibility index (Phi) is 6.96. The summed E-state index contributed by atoms with van der Waals surface area (Å²) in [7, 11) is 0. The lowest BCUT2D eigenvalue weighted by Gasteiger charge is -2.22. The van der Waals surface area contributed by atoms with Gasteiger partial charge in [-0.15, -0.1) is 0 Å². The highest BCUT2D eigenvalue weighted by atomic mass is 35.5. The molecule has 1 heterocycles. The third kappa shape index (κ3) is 5.34. The van der Waals surface area contributed by atoms with Gasteiger partial charge in [0.15, 0.2) is 0 Å². The molecular formula is C27H27Cl2FN2O. The smallest absolute Gasteiger partial charge is 0.133 e. The second kappa shape index (κ2) is 9.74. The van der Waals surface area contributed by atoms with Crippen LogP contribution in [0.5, 0.6) is 5.75 Å². The number of nitrogens with zero attached hydrogens (tertiary/aromatic N) is 1. The van der Waals surface area contributed by atoms with Gasteiger partial charge in [-0.25, -0.2) is 4.39 Å². The van der Waals surface area contributed by atoms with E-state index in [1.807, 2.05) is 60.7 Å². The summed E-state index contributed by atoms with van der Waals surface area (Å²) in [6, 6.07) is 21.3. The van der Waals surface area contributed by atoms with E-state index in [0.717, 1.165) is 22.3 Å². The van der Waals surface area contributed by atoms with Crippen molar-refractivity contribution in [1.82, 2.24) is 5.32 Å². The van der Waals surface area contributed by atoms with Crippen LogP contribution in [0.1, 0.15) is 55.1 Å². The number of aliphatic imine (C=N–C) groups is 1. The number of halogens is 3. The molecule has 6 heteroatoms. The van der Waals surface area contributed by atoms with Crippen LogP contribution >= 0.6 is 23.2 Å². The van der Waals surface area contributed by atoms with Gasteiger partial charge in [-0.05, 0) is 58.5 Å². The number of alkyl halides is 1. The lowest BCUT2D eigenvalue weighted by atomic mass is 9.86. The second-order valence-electron chi connectivity index (χ2n) is 9.15. The van der Waals surface area contributed by atoms with Crippen molar-refractivity contribution in [3.05, 3.63) is 99.0 Å². The second-order valence-corrected chi connectivity index (χ2v) is 10.0. The molecule has 0 unspecified atom stereocenters. The first-order valence-electron chi connectivity index (χ1n) is 10.9. The van der Waals surface area contributed by atoms with Crippen LogP contribution in [0.25, 0.3) is 0 Å². The topological polar surface area (TPSA) is 33.6 Å². The van der Waals surface area contributed by atoms with Crippen molar-refractivity contribution in [3.63, 3.8) is 0 Å². The lowest BCUT2D eigenvalue weighted by molar-refractivity contribution is 0.272. The van der Waals surface area contributed by atoms with E-state index in [1.165, 1.54) is 0 Å². The van der Waals surface area contributed by atoms with Gasteiger partial charge in [0.2, 0.25) is 0 Å². The fraction of sp³-hybridized carbons (Fsp3) is 0.296. The van der Waals surface area contributed by atoms with Gasteiger partial charge < -0.3 is 10.1 Å². The van der Waals surface area contributed by atoms with Crippen LogP contribution in [0.3, 0.4) is 0 Å². The van der Waals surface area contributed by atoms with Crippen molar-refractivity contribution in [2.24, 2.45) is 4.99 Å². The standard InChI is InChI=1S/C27H27Cl2FN2O/c1-27(2,3)19-8-13-22(23(16-19)33-15-14-30)26-31-24(17-4-9-20(28)10-5-17)25(32-26)18-6-11-21(29)12-7-18/h4-13,16,24-25H,14-15H2,1-3H3,(H,31,32)/t24-,25+. The number of ether oxygens (including phenoxy) is 1. The lowest BCUT2D eigenvalue weighted by Crippen LogP contribution is -2.26. The summed E-state index contributed by atoms with van der Waals surface area (Å²) >= 11 is 12.2. The van der Waals surface area contributed by atoms with Gasteiger partial charge in [0.05, 0.1) is 11.6 Å². The Morgan fingerprint density at radius 3 is 2.09 bits per heavy atom. The van der Waals surface area contributed by atoms with E-state index in [1.54, 1.807) is 0 Å². The number of benzene rings is 3. The highest BCUT2D eigenvalue weighted by molar-refractivity contribution is 6.30. The van der Waals surface area contributed by atoms with Crippen molar-refractivity contribution in [2.75, 3.05) is 13.3 Å². The zero-order valence-corrected chi connectivity index (χ0v) is 20.4. The summed E-state index contributed by atoms with van der Waals surface area (Å²) in [6.07, 6.45) is 0. The van der Waals surface area contributed by atoms with E-state index in [0.29, 0.717) is 21.6 Å². The van der Waals surface area contributed by atoms with E-state index in [9.17, 15) is 4.39 Å². The monoisotopic (exact) mass is 484 g/mol. The molecule has 0 spiro atoms. The number of amidine groups is 1. The first-order chi connectivity index (χ1) is 15.8. The fourth-order valence-electron chi connectivity index (χ4n) is 3.94. The minimum Gasteiger partial charge on any atom is -0.490 e. The zero-order chi connectivity index (χ0) is 23.6. The summed E-state index contributed by atoms with van der Waals surface area (Å²) in [5.41, 5.74) is 3.97. The molecule has 1 aliphatic rings. The predicted octanol–water partition coefficient (Wildman–Crippen LogP) is 7.47. The Hall–Kier alpha value is -2.56. The van der Waals surface area contributed by atoms with Gasteiger partial charge in [0, 0.05) is 10.0 Å². The number of hydrogen-bond donors (Lipinski definition) is 1. The predicted molar refractivity (Wildman–Crippen MR) is 135 cm³/mol. The maximum atomic E-state index is 13.0. The number of nitrogens with one attached hydrogen (secondary N) is 1. The largest absolute Gasteiger partial charge is 0.490 e. The number of hydrogen-bond acceptors (Lipinski definition) is 3. The highest BCUT2D eigenvalue weighted by Crippen LogP contribution is 2.39. The molecule has 0 saturated heterocycles. The average Bonchev–Trinajstić information content (AvgIpc) is 3.23. The molecule has 0 saturated carbocycles. The molecule has 0 radical (unpaired) electrons. The molecular weight excluding hydrogens is 458 g/mol. The summed E-state index contributed by atoms with van der Waals surface area (Å²) < 4.78 is 18.8. The van der Waals surface area contributed by atoms with Crippen LogP contribution in [0.4, 0.5) is 4.39 Å². The van der Waals surface area contributed by atoms with Crippen LogP contribution in [0.15, 0.2) is 71.7 Å². The Morgan fingerprint density at radius 2 is 1.52 bits per heavy atom. The quantitative estimate of drug-likeness (QED) is 0.393. The minimum atomic E-state index is -0.556. The zero-order valence-electron chi connectivity index (χ0n) is 18.9. The summed E-state index contributed by atoms with van der Waals surface area (Å²) in [5, 5.41) is 4.94. The van der Waals surface area contributed by atoms with E-state index in [-0.39, 0.29) is 24.1 Å². The Balaban J connectivity index is 1.77. The van der Waals surface area contributed by atoms with Gasteiger partial charge in [0.1, 0.15) is 30.9 Å². The average molecular weight is 485 g/mol. The first kappa shape index (κ1) is 23.6. The SMILES string of the molecule is CC(C)(C)c1ccc(C2=N[C@@H](c3ccc(Cl)cc3)[C@@H](c3ccc(Cl)cc3)N2)c(OCCF)c1. The molecule has 2 atom stereocenters. The molecule has 1 aliphatic heterocycles. The maximum absolute atomic E-state index is 13.0. The summed E-state index contributed by atoms with van der Waals surface area (Å²) in [5.74, 6) is 1.34. The normalized spacial score (nSPS) is 18.1. The molecule has 0 fully saturated rings. The Labute approximate surface area is 204 Å². The van der Waals surface area contributed by atoms with E-state index < -0.39 is 6.67 Å². The fourth-order valence-corrected chi connectivity index (χ4v) is 4.19. The van der Waals surface area contributed by atoms with Crippen molar-refractivity contribution in [1.29, 1.82) is 0 Å². The van der Waals surface area contributed by atoms with Crippen LogP contribution in [0.2, 0.25) is 10.0 Å². The molecule has 3 nitrogen and oxygen atoms in total. The molecule has 4 rings (SSSR count). The first-order valence-corrected chi connectivity index (χ1v) is 11.7. The molecule has 0 aromatic heterocycles. The Morgan fingerprint density at radius 1 is 0.909 bits per heavy atom. The summed E-state index contributed by atoms with van der Waals surface area (Å²) in [4.78, 5) is 5.05. The van der Waals surface area contributed by atoms with E-state index in [4.69, 9.17) is 32.9 Å². The molecule has 1 N–H and O–H groups in total. The van der Waals surface area contributed by atoms with Crippen LogP contribution in [-0.4, -0.2) is 19.1 Å². The maximum Gasteiger partial charge on any atom is 0.133 e. The number of rotatable bonds is 6.